The van der Waals surface area contributed by atoms with Crippen LogP contribution in [0, 0.1) is 10.8 Å². The molecule has 2 fully saturated rings. The van der Waals surface area contributed by atoms with Crippen molar-refractivity contribution < 1.29 is 19.1 Å². The van der Waals surface area contributed by atoms with Crippen LogP contribution in [0.3, 0.4) is 0 Å². The van der Waals surface area contributed by atoms with Crippen LogP contribution in [0.5, 0.6) is 0 Å². The normalized spacial score (nSPS) is 25.2. The summed E-state index contributed by atoms with van der Waals surface area (Å²) in [6.45, 7) is 10.6. The van der Waals surface area contributed by atoms with Crippen LogP contribution in [0.15, 0.2) is 18.2 Å². The van der Waals surface area contributed by atoms with E-state index in [1.54, 1.807) is 4.90 Å². The molecule has 2 N–H and O–H groups in total. The Morgan fingerprint density at radius 1 is 1.32 bits per heavy atom. The summed E-state index contributed by atoms with van der Waals surface area (Å²) >= 11 is 0. The summed E-state index contributed by atoms with van der Waals surface area (Å²) in [6.07, 6.45) is 3.45. The number of nitrogens with one attached hydrogen (secondary N) is 2. The molecule has 2 heterocycles. The van der Waals surface area contributed by atoms with E-state index >= 15 is 0 Å². The van der Waals surface area contributed by atoms with Crippen molar-refractivity contribution in [1.82, 2.24) is 15.5 Å². The number of alkyl carbamates (subject to hydrolysis) is 1. The van der Waals surface area contributed by atoms with Crippen LogP contribution in [0.1, 0.15) is 62.9 Å². The lowest BCUT2D eigenvalue weighted by atomic mass is 9.80. The SMILES string of the molecule is COC(=O)NCCN1C(=O)C(C)(C)Cc2ccc(C(=O)N(C(C)C)[C@H]3C[C@]34CCCNC4)cc21. The Hall–Kier alpha value is -2.61. The minimum Gasteiger partial charge on any atom is -0.453 e. The predicted octanol–water partition coefficient (Wildman–Crippen LogP) is 2.95. The molecule has 4 rings (SSSR count). The van der Waals surface area contributed by atoms with Gasteiger partial charge in [0.1, 0.15) is 0 Å². The largest absolute Gasteiger partial charge is 0.453 e. The zero-order valence-electron chi connectivity index (χ0n) is 21.1. The summed E-state index contributed by atoms with van der Waals surface area (Å²) in [6, 6.07) is 6.11. The van der Waals surface area contributed by atoms with E-state index in [4.69, 9.17) is 0 Å². The molecule has 1 aliphatic carbocycles. The molecular formula is C26H38N4O4. The summed E-state index contributed by atoms with van der Waals surface area (Å²) in [7, 11) is 1.31. The number of methoxy groups -OCH3 is 1. The molecule has 0 unspecified atom stereocenters. The monoisotopic (exact) mass is 470 g/mol. The minimum absolute atomic E-state index is 0.00796. The quantitative estimate of drug-likeness (QED) is 0.667. The second kappa shape index (κ2) is 9.21. The number of rotatable bonds is 6. The fourth-order valence-corrected chi connectivity index (χ4v) is 5.74. The van der Waals surface area contributed by atoms with Gasteiger partial charge in [0.15, 0.2) is 0 Å². The minimum atomic E-state index is -0.553. The van der Waals surface area contributed by atoms with E-state index in [0.717, 1.165) is 43.6 Å². The molecule has 2 atom stereocenters. The first kappa shape index (κ1) is 24.5. The highest BCUT2D eigenvalue weighted by atomic mass is 16.5. The second-order valence-corrected chi connectivity index (χ2v) is 10.9. The number of nitrogens with zero attached hydrogens (tertiary/aromatic N) is 2. The van der Waals surface area contributed by atoms with Crippen molar-refractivity contribution in [3.05, 3.63) is 29.3 Å². The Labute approximate surface area is 202 Å². The number of fused-ring (bicyclic) bond motifs is 1. The molecule has 1 spiro atoms. The number of piperidine rings is 1. The number of hydrogen-bond donors (Lipinski definition) is 2. The van der Waals surface area contributed by atoms with Crippen LogP contribution >= 0.6 is 0 Å². The molecule has 8 heteroatoms. The van der Waals surface area contributed by atoms with Crippen LogP contribution in [0.2, 0.25) is 0 Å². The van der Waals surface area contributed by atoms with Crippen molar-refractivity contribution in [3.8, 4) is 0 Å². The zero-order valence-corrected chi connectivity index (χ0v) is 21.1. The summed E-state index contributed by atoms with van der Waals surface area (Å²) in [5, 5.41) is 6.16. The van der Waals surface area contributed by atoms with Crippen molar-refractivity contribution >= 4 is 23.6 Å². The van der Waals surface area contributed by atoms with Gasteiger partial charge >= 0.3 is 6.09 Å². The lowest BCUT2D eigenvalue weighted by molar-refractivity contribution is -0.127. The van der Waals surface area contributed by atoms with Gasteiger partial charge in [-0.05, 0) is 63.8 Å². The number of amides is 3. The summed E-state index contributed by atoms with van der Waals surface area (Å²) < 4.78 is 4.64. The van der Waals surface area contributed by atoms with Gasteiger partial charge in [-0.1, -0.05) is 19.9 Å². The Balaban J connectivity index is 1.60. The first-order valence-electron chi connectivity index (χ1n) is 12.4. The molecule has 1 aromatic carbocycles. The molecule has 1 aromatic rings. The molecule has 1 saturated carbocycles. The molecule has 0 aromatic heterocycles. The number of anilines is 1. The smallest absolute Gasteiger partial charge is 0.406 e. The predicted molar refractivity (Wildman–Crippen MR) is 131 cm³/mol. The van der Waals surface area contributed by atoms with Gasteiger partial charge in [0, 0.05) is 53.8 Å². The maximum atomic E-state index is 13.8. The highest BCUT2D eigenvalue weighted by molar-refractivity contribution is 6.02. The molecule has 3 amide bonds. The highest BCUT2D eigenvalue weighted by Crippen LogP contribution is 2.54. The van der Waals surface area contributed by atoms with Gasteiger partial charge in [-0.25, -0.2) is 4.79 Å². The van der Waals surface area contributed by atoms with Gasteiger partial charge in [0.05, 0.1) is 7.11 Å². The third-order valence-corrected chi connectivity index (χ3v) is 7.65. The topological polar surface area (TPSA) is 91.0 Å². The van der Waals surface area contributed by atoms with E-state index in [0.29, 0.717) is 18.5 Å². The molecule has 1 saturated heterocycles. The first-order valence-corrected chi connectivity index (χ1v) is 12.4. The fourth-order valence-electron chi connectivity index (χ4n) is 5.74. The van der Waals surface area contributed by atoms with Gasteiger partial charge in [-0.2, -0.15) is 0 Å². The van der Waals surface area contributed by atoms with E-state index in [-0.39, 0.29) is 35.9 Å². The van der Waals surface area contributed by atoms with Gasteiger partial charge in [-0.3, -0.25) is 9.59 Å². The lowest BCUT2D eigenvalue weighted by Crippen LogP contribution is -2.49. The summed E-state index contributed by atoms with van der Waals surface area (Å²) in [4.78, 5) is 42.3. The van der Waals surface area contributed by atoms with E-state index in [1.807, 2.05) is 36.9 Å². The third kappa shape index (κ3) is 4.52. The van der Waals surface area contributed by atoms with Crippen molar-refractivity contribution in [3.63, 3.8) is 0 Å². The standard InChI is InChI=1S/C26H38N4O4/c1-17(2)30(21-15-26(21)9-6-10-27-16-26)22(31)18-7-8-19-14-25(3,4)23(32)29(20(19)13-18)12-11-28-24(33)34-5/h7-8,13,17,21,27H,6,9-12,14-16H2,1-5H3,(H,28,33)/t21-,26-/m0/s1. The Morgan fingerprint density at radius 2 is 2.09 bits per heavy atom. The van der Waals surface area contributed by atoms with Crippen molar-refractivity contribution in [2.24, 2.45) is 10.8 Å². The van der Waals surface area contributed by atoms with E-state index in [1.165, 1.54) is 7.11 Å². The van der Waals surface area contributed by atoms with Gasteiger partial charge in [0.2, 0.25) is 5.91 Å². The van der Waals surface area contributed by atoms with E-state index < -0.39 is 11.5 Å². The first-order chi connectivity index (χ1) is 16.1. The average Bonchev–Trinajstić information content (AvgIpc) is 3.47. The van der Waals surface area contributed by atoms with Crippen molar-refractivity contribution in [2.75, 3.05) is 38.2 Å². The van der Waals surface area contributed by atoms with Gasteiger partial charge < -0.3 is 25.2 Å². The Kier molecular flexibility index (Phi) is 6.64. The fraction of sp³-hybridized carbons (Fsp3) is 0.654. The Bertz CT molecular complexity index is 968. The van der Waals surface area contributed by atoms with E-state index in [9.17, 15) is 14.4 Å². The molecule has 8 nitrogen and oxygen atoms in total. The van der Waals surface area contributed by atoms with Crippen molar-refractivity contribution in [1.29, 1.82) is 0 Å². The molecule has 186 valence electrons. The van der Waals surface area contributed by atoms with Crippen LogP contribution in [0.4, 0.5) is 10.5 Å². The van der Waals surface area contributed by atoms with E-state index in [2.05, 4.69) is 29.2 Å². The second-order valence-electron chi connectivity index (χ2n) is 10.9. The molecular weight excluding hydrogens is 432 g/mol. The molecule has 2 aliphatic heterocycles. The van der Waals surface area contributed by atoms with Gasteiger partial charge in [0.25, 0.3) is 5.91 Å². The van der Waals surface area contributed by atoms with Gasteiger partial charge in [-0.15, -0.1) is 0 Å². The number of carbonyl (C=O) groups is 3. The Morgan fingerprint density at radius 3 is 2.74 bits per heavy atom. The van der Waals surface area contributed by atoms with Crippen LogP contribution < -0.4 is 15.5 Å². The van der Waals surface area contributed by atoms with Crippen LogP contribution in [0.25, 0.3) is 0 Å². The molecule has 3 aliphatic rings. The lowest BCUT2D eigenvalue weighted by Gasteiger charge is -2.39. The molecule has 34 heavy (non-hydrogen) atoms. The average molecular weight is 471 g/mol. The summed E-state index contributed by atoms with van der Waals surface area (Å²) in [5.41, 5.74) is 2.06. The number of ether oxygens (including phenoxy) is 1. The maximum absolute atomic E-state index is 13.8. The van der Waals surface area contributed by atoms with Crippen molar-refractivity contribution in [2.45, 2.75) is 65.5 Å². The zero-order chi connectivity index (χ0) is 24.7. The van der Waals surface area contributed by atoms with Crippen LogP contribution in [-0.4, -0.2) is 68.2 Å². The highest BCUT2D eigenvalue weighted by Gasteiger charge is 2.58. The third-order valence-electron chi connectivity index (χ3n) is 7.65. The maximum Gasteiger partial charge on any atom is 0.406 e. The number of benzene rings is 1. The number of hydrogen-bond acceptors (Lipinski definition) is 5. The molecule has 0 radical (unpaired) electrons. The van der Waals surface area contributed by atoms with Crippen LogP contribution in [-0.2, 0) is 16.0 Å². The summed E-state index contributed by atoms with van der Waals surface area (Å²) in [5.74, 6) is 0.0153. The molecule has 0 bridgehead atoms. The number of carbonyl (C=O) groups excluding carboxylic acids is 3.